The molecule has 2 heterocycles. The molecule has 0 bridgehead atoms. The van der Waals surface area contributed by atoms with E-state index in [1.165, 1.54) is 0 Å². The topological polar surface area (TPSA) is 118 Å². The summed E-state index contributed by atoms with van der Waals surface area (Å²) >= 11 is 0. The van der Waals surface area contributed by atoms with E-state index in [9.17, 15) is 14.7 Å². The van der Waals surface area contributed by atoms with Crippen LogP contribution in [0.15, 0.2) is 42.6 Å². The number of carbonyl (C=O) groups is 2. The molecule has 1 aromatic carbocycles. The van der Waals surface area contributed by atoms with Gasteiger partial charge < -0.3 is 29.4 Å². The van der Waals surface area contributed by atoms with Gasteiger partial charge in [0, 0.05) is 29.6 Å². The number of fused-ring (bicyclic) bond motifs is 1. The van der Waals surface area contributed by atoms with Gasteiger partial charge in [0.1, 0.15) is 12.2 Å². The molecule has 2 aromatic rings. The van der Waals surface area contributed by atoms with Crippen molar-refractivity contribution in [1.29, 1.82) is 0 Å². The van der Waals surface area contributed by atoms with Crippen LogP contribution >= 0.6 is 0 Å². The maximum Gasteiger partial charge on any atom is 0.340 e. The molecule has 32 heavy (non-hydrogen) atoms. The predicted molar refractivity (Wildman–Crippen MR) is 118 cm³/mol. The molecule has 1 aliphatic heterocycles. The normalized spacial score (nSPS) is 24.6. The number of aliphatic hydroxyl groups excluding tert-OH is 1. The Hall–Kier alpha value is -2.68. The largest absolute Gasteiger partial charge is 0.478 e. The van der Waals surface area contributed by atoms with E-state index in [0.29, 0.717) is 12.0 Å². The van der Waals surface area contributed by atoms with Gasteiger partial charge in [-0.3, -0.25) is 0 Å². The van der Waals surface area contributed by atoms with Crippen molar-refractivity contribution in [3.63, 3.8) is 0 Å². The smallest absolute Gasteiger partial charge is 0.340 e. The highest BCUT2D eigenvalue weighted by molar-refractivity contribution is 6.04. The van der Waals surface area contributed by atoms with Crippen LogP contribution in [0.2, 0.25) is 0 Å². The lowest BCUT2D eigenvalue weighted by atomic mass is 10.0. The van der Waals surface area contributed by atoms with Crippen LogP contribution < -0.4 is 0 Å². The second-order valence-electron chi connectivity index (χ2n) is 8.18. The third-order valence-corrected chi connectivity index (χ3v) is 5.59. The van der Waals surface area contributed by atoms with Crippen LogP contribution in [-0.2, 0) is 19.0 Å². The zero-order chi connectivity index (χ0) is 23.1. The quantitative estimate of drug-likeness (QED) is 0.289. The van der Waals surface area contributed by atoms with Crippen LogP contribution in [-0.4, -0.2) is 57.8 Å². The molecule has 1 fully saturated rings. The summed E-state index contributed by atoms with van der Waals surface area (Å²) in [5.41, 5.74) is 1.31. The number of ether oxygens (including phenoxy) is 3. The van der Waals surface area contributed by atoms with Crippen LogP contribution in [0, 0.1) is 0 Å². The molecule has 0 saturated carbocycles. The number of H-pyrrole nitrogens is 1. The van der Waals surface area contributed by atoms with E-state index in [2.05, 4.69) is 4.98 Å². The monoisotopic (exact) mass is 445 g/mol. The van der Waals surface area contributed by atoms with E-state index in [-0.39, 0.29) is 12.5 Å². The second-order valence-corrected chi connectivity index (χ2v) is 8.18. The van der Waals surface area contributed by atoms with Crippen molar-refractivity contribution in [2.45, 2.75) is 76.7 Å². The number of carboxylic acid groups (broad SMARTS) is 1. The number of carbonyl (C=O) groups excluding carboxylic acids is 1. The lowest BCUT2D eigenvalue weighted by Gasteiger charge is -2.38. The number of rotatable bonds is 10. The molecule has 8 heteroatoms. The number of aromatic nitrogens is 1. The first kappa shape index (κ1) is 24.0. The number of esters is 1. The van der Waals surface area contributed by atoms with Crippen molar-refractivity contribution in [2.75, 3.05) is 0 Å². The fourth-order valence-electron chi connectivity index (χ4n) is 3.81. The van der Waals surface area contributed by atoms with E-state index in [1.807, 2.05) is 31.2 Å². The van der Waals surface area contributed by atoms with Gasteiger partial charge in [-0.05, 0) is 39.2 Å². The van der Waals surface area contributed by atoms with Gasteiger partial charge in [-0.1, -0.05) is 30.7 Å². The molecule has 0 aliphatic carbocycles. The summed E-state index contributed by atoms with van der Waals surface area (Å²) < 4.78 is 17.3. The first-order chi connectivity index (χ1) is 15.3. The molecular weight excluding hydrogens is 414 g/mol. The molecule has 5 atom stereocenters. The average Bonchev–Trinajstić information content (AvgIpc) is 3.18. The minimum Gasteiger partial charge on any atom is -0.478 e. The zero-order valence-electron chi connectivity index (χ0n) is 18.4. The number of aliphatic carboxylic acids is 1. The highest BCUT2D eigenvalue weighted by Gasteiger charge is 2.38. The number of para-hydroxylation sites is 1. The number of benzene rings is 1. The third-order valence-electron chi connectivity index (χ3n) is 5.59. The Balaban J connectivity index is 1.45. The molecule has 174 valence electrons. The highest BCUT2D eigenvalue weighted by Crippen LogP contribution is 2.27. The van der Waals surface area contributed by atoms with E-state index < -0.39 is 36.5 Å². The first-order valence-corrected chi connectivity index (χ1v) is 11.0. The molecule has 1 aromatic heterocycles. The molecule has 0 spiro atoms. The molecular formula is C24H31NO7. The minimum atomic E-state index is -0.940. The summed E-state index contributed by atoms with van der Waals surface area (Å²) in [6, 6.07) is 7.49. The van der Waals surface area contributed by atoms with Gasteiger partial charge in [0.2, 0.25) is 0 Å². The number of allylic oxidation sites excluding steroid dienone is 1. The van der Waals surface area contributed by atoms with Gasteiger partial charge in [0.15, 0.2) is 6.29 Å². The predicted octanol–water partition coefficient (Wildman–Crippen LogP) is 3.80. The Bertz CT molecular complexity index is 937. The van der Waals surface area contributed by atoms with Crippen molar-refractivity contribution in [3.05, 3.63) is 48.2 Å². The van der Waals surface area contributed by atoms with Gasteiger partial charge in [0.05, 0.1) is 17.8 Å². The maximum absolute atomic E-state index is 12.7. The first-order valence-electron chi connectivity index (χ1n) is 11.0. The maximum atomic E-state index is 12.7. The van der Waals surface area contributed by atoms with E-state index in [1.54, 1.807) is 19.2 Å². The van der Waals surface area contributed by atoms with Crippen molar-refractivity contribution >= 4 is 22.8 Å². The Kier molecular flexibility index (Phi) is 8.44. The molecule has 2 unspecified atom stereocenters. The fraction of sp³-hybridized carbons (Fsp3) is 0.500. The minimum absolute atomic E-state index is 0.129. The lowest BCUT2D eigenvalue weighted by Crippen LogP contribution is -2.49. The van der Waals surface area contributed by atoms with Gasteiger partial charge in [0.25, 0.3) is 0 Å². The van der Waals surface area contributed by atoms with E-state index in [4.69, 9.17) is 19.3 Å². The molecule has 3 N–H and O–H groups in total. The van der Waals surface area contributed by atoms with Crippen molar-refractivity contribution < 1.29 is 34.0 Å². The van der Waals surface area contributed by atoms with Gasteiger partial charge >= 0.3 is 11.9 Å². The third kappa shape index (κ3) is 6.41. The van der Waals surface area contributed by atoms with Crippen LogP contribution in [0.3, 0.4) is 0 Å². The number of carboxylic acids is 1. The Morgan fingerprint density at radius 2 is 2.09 bits per heavy atom. The summed E-state index contributed by atoms with van der Waals surface area (Å²) in [5.74, 6) is -1.40. The average molecular weight is 446 g/mol. The Morgan fingerprint density at radius 1 is 1.31 bits per heavy atom. The zero-order valence-corrected chi connectivity index (χ0v) is 18.4. The van der Waals surface area contributed by atoms with E-state index in [0.717, 1.165) is 36.2 Å². The Morgan fingerprint density at radius 3 is 2.88 bits per heavy atom. The highest BCUT2D eigenvalue weighted by atomic mass is 16.7. The van der Waals surface area contributed by atoms with Crippen molar-refractivity contribution in [1.82, 2.24) is 4.98 Å². The standard InChI is InChI=1S/C24H31NO7/c1-15(9-5-3-4-6-12-22(27)28)30-24-20(26)13-21(16(2)31-24)32-23(29)18-14-25-19-11-8-7-10-17(18)19/h6-8,10-12,14-16,20-21,24-26H,3-5,9,13H2,1-2H3,(H,27,28)/b12-6+/t15-,16?,20+,21-,24?/m1/s1. The van der Waals surface area contributed by atoms with Crippen LogP contribution in [0.25, 0.3) is 10.9 Å². The molecule has 1 aliphatic rings. The SMILES string of the molecule is CC1OC(O[C@H](C)CCCC/C=C/C(=O)O)[C@@H](O)C[C@H]1OC(=O)c1c[nH]c2ccccc12. The van der Waals surface area contributed by atoms with Crippen molar-refractivity contribution in [2.24, 2.45) is 0 Å². The fourth-order valence-corrected chi connectivity index (χ4v) is 3.81. The van der Waals surface area contributed by atoms with Crippen LogP contribution in [0.1, 0.15) is 56.3 Å². The number of aliphatic hydroxyl groups is 1. The lowest BCUT2D eigenvalue weighted by molar-refractivity contribution is -0.273. The van der Waals surface area contributed by atoms with Gasteiger partial charge in [-0.15, -0.1) is 0 Å². The van der Waals surface area contributed by atoms with Gasteiger partial charge in [-0.2, -0.15) is 0 Å². The number of hydrogen-bond donors (Lipinski definition) is 3. The second kappa shape index (κ2) is 11.3. The van der Waals surface area contributed by atoms with Crippen molar-refractivity contribution in [3.8, 4) is 0 Å². The summed E-state index contributed by atoms with van der Waals surface area (Å²) in [5, 5.41) is 19.9. The number of nitrogens with one attached hydrogen (secondary N) is 1. The number of unbranched alkanes of at least 4 members (excludes halogenated alkanes) is 2. The van der Waals surface area contributed by atoms with Gasteiger partial charge in [-0.25, -0.2) is 9.59 Å². The summed E-state index contributed by atoms with van der Waals surface area (Å²) in [4.78, 5) is 26.2. The number of hydrogen-bond acceptors (Lipinski definition) is 6. The molecule has 0 amide bonds. The molecule has 8 nitrogen and oxygen atoms in total. The summed E-state index contributed by atoms with van der Waals surface area (Å²) in [6.45, 7) is 3.71. The summed E-state index contributed by atoms with van der Waals surface area (Å²) in [6.07, 6.45) is 5.00. The van der Waals surface area contributed by atoms with E-state index >= 15 is 0 Å². The summed E-state index contributed by atoms with van der Waals surface area (Å²) in [7, 11) is 0. The molecule has 1 saturated heterocycles. The molecule has 0 radical (unpaired) electrons. The number of aromatic amines is 1. The van der Waals surface area contributed by atoms with Crippen LogP contribution in [0.5, 0.6) is 0 Å². The Labute approximate surface area is 187 Å². The molecule has 3 rings (SSSR count). The van der Waals surface area contributed by atoms with Crippen LogP contribution in [0.4, 0.5) is 0 Å².